The highest BCUT2D eigenvalue weighted by Gasteiger charge is 2.26. The fourth-order valence-electron chi connectivity index (χ4n) is 11.4. The van der Waals surface area contributed by atoms with Gasteiger partial charge in [-0.2, -0.15) is 10.2 Å². The standard InChI is InChI=1S/C17H16FNO4S.C16H14FN3O2S.C16H15N3O2S.C14H16N2O5S2.C13H18N2O5S/c1-10-3-6-16(13(18)7-10)23-17-9-12-11(4-5-15(12)20)8-14(17)19-24(2,21)22;1-11-10-16(12-2-4-13(17)5-3-12)20(19-11)14-6-8-15(9-7-14)23(18,21)22;1-12-11-16(19(18-12)14-5-3-2-4-6-14)13-7-9-15(10-8-13)22(17,20)21;1-10-3-5-11(6-4-10)21-14-9-12(23(15,19)20)7-8-13(14)16-22(2,17)18;1-21(18,19)14-12-8-7-10(15(16)17)9-13(12)20-11-5-3-2-4-6-11/h3,6-9,19H,4-5H2,1-2H3;2-10H,1H3,(H2,18,21,22);2-11H,1H3,(H2,17,20,21);3-9,16H,1-2H3,(H2,15,19,20);7-9,11,14H,2-6H2,1H3. The Labute approximate surface area is 653 Å². The number of halogens is 2. The van der Waals surface area contributed by atoms with E-state index in [-0.39, 0.29) is 78.1 Å². The number of nitrogens with one attached hydrogen (secondary N) is 3. The lowest BCUT2D eigenvalue weighted by molar-refractivity contribution is -0.384. The number of rotatable bonds is 20. The third-order valence-corrected chi connectivity index (χ3v) is 21.1. The summed E-state index contributed by atoms with van der Waals surface area (Å²) in [5, 5.41) is 35.1. The molecule has 0 amide bonds. The van der Waals surface area contributed by atoms with E-state index in [1.165, 1.54) is 91.0 Å². The van der Waals surface area contributed by atoms with Crippen molar-refractivity contribution in [3.8, 4) is 62.6 Å². The number of primary sulfonamides is 3. The molecule has 0 saturated heterocycles. The van der Waals surface area contributed by atoms with Crippen LogP contribution in [0.2, 0.25) is 0 Å². The van der Waals surface area contributed by atoms with Crippen molar-refractivity contribution in [3.05, 3.63) is 262 Å². The zero-order valence-electron chi connectivity index (χ0n) is 61.7. The molecule has 13 rings (SSSR count). The van der Waals surface area contributed by atoms with Crippen molar-refractivity contribution < 1.29 is 83.2 Å². The Morgan fingerprint density at radius 1 is 0.469 bits per heavy atom. The summed E-state index contributed by atoms with van der Waals surface area (Å²) in [4.78, 5) is 22.2. The van der Waals surface area contributed by atoms with E-state index in [0.717, 1.165) is 107 Å². The molecule has 2 aromatic heterocycles. The molecule has 2 heterocycles. The molecule has 1 saturated carbocycles. The van der Waals surface area contributed by atoms with Crippen LogP contribution in [0.4, 0.5) is 31.5 Å². The molecule has 1 fully saturated rings. The summed E-state index contributed by atoms with van der Waals surface area (Å²) in [7, 11) is -21.9. The van der Waals surface area contributed by atoms with Crippen LogP contribution in [-0.2, 0) is 66.6 Å². The number of carbonyl (C=O) groups is 1. The van der Waals surface area contributed by atoms with Gasteiger partial charge in [0.2, 0.25) is 60.1 Å². The quantitative estimate of drug-likeness (QED) is 0.0305. The number of ketones is 1. The SMILES string of the molecule is CS(=O)(=O)Nc1ccc([N+](=O)[O-])cc1OC1CCCCC1.Cc1cc(-c2ccc(F)cc2)n(-c2ccc(S(N)(=O)=O)cc2)n1.Cc1cc(-c2ccc(S(N)(=O)=O)cc2)n(-c2ccccc2)n1.Cc1ccc(Oc2cc(S(N)(=O)=O)ccc2NS(C)(=O)=O)cc1.Cc1ccc(Oc2cc3c(cc2NS(C)(=O)=O)CCC3=O)c(F)c1. The smallest absolute Gasteiger partial charge is 0.273 e. The van der Waals surface area contributed by atoms with Crippen LogP contribution < -0.4 is 43.8 Å². The molecule has 0 spiro atoms. The monoisotopic (exact) mass is 1660 g/mol. The van der Waals surface area contributed by atoms with Gasteiger partial charge in [-0.1, -0.05) is 60.5 Å². The average molecular weight is 1660 g/mol. The number of para-hydroxylation sites is 1. The minimum Gasteiger partial charge on any atom is -0.488 e. The summed E-state index contributed by atoms with van der Waals surface area (Å²) >= 11 is 0. The van der Waals surface area contributed by atoms with Gasteiger partial charge in [-0.3, -0.25) is 29.1 Å². The molecule has 0 atom stereocenters. The van der Waals surface area contributed by atoms with Crippen LogP contribution in [0.25, 0.3) is 33.9 Å². The van der Waals surface area contributed by atoms with E-state index in [9.17, 15) is 74.2 Å². The summed E-state index contributed by atoms with van der Waals surface area (Å²) in [5.74, 6) is -0.183. The van der Waals surface area contributed by atoms with Crippen molar-refractivity contribution in [2.75, 3.05) is 32.9 Å². The van der Waals surface area contributed by atoms with Crippen LogP contribution in [0.1, 0.15) is 77.0 Å². The number of anilines is 3. The molecule has 29 nitrogen and oxygen atoms in total. The number of hydrogen-bond donors (Lipinski definition) is 6. The molecule has 9 N–H and O–H groups in total. The molecule has 2 aliphatic rings. The predicted octanol–water partition coefficient (Wildman–Crippen LogP) is 13.0. The van der Waals surface area contributed by atoms with Gasteiger partial charge >= 0.3 is 0 Å². The van der Waals surface area contributed by atoms with Crippen LogP contribution in [0.15, 0.2) is 221 Å². The highest BCUT2D eigenvalue weighted by molar-refractivity contribution is 7.92. The Morgan fingerprint density at radius 3 is 1.45 bits per heavy atom. The zero-order valence-corrected chi connectivity index (χ0v) is 66.6. The maximum Gasteiger partial charge on any atom is 0.273 e. The van der Waals surface area contributed by atoms with E-state index in [2.05, 4.69) is 24.4 Å². The summed E-state index contributed by atoms with van der Waals surface area (Å²) in [6, 6.07) is 54.3. The number of benzene rings is 9. The number of aromatic nitrogens is 4. The van der Waals surface area contributed by atoms with Crippen molar-refractivity contribution in [2.45, 2.75) is 93.4 Å². The number of fused-ring (bicyclic) bond motifs is 1. The van der Waals surface area contributed by atoms with Crippen LogP contribution in [0.3, 0.4) is 0 Å². The van der Waals surface area contributed by atoms with Gasteiger partial charge in [0.05, 0.1) is 102 Å². The first-order valence-electron chi connectivity index (χ1n) is 34.1. The first-order chi connectivity index (χ1) is 52.9. The molecule has 113 heavy (non-hydrogen) atoms. The third kappa shape index (κ3) is 25.1. The Balaban J connectivity index is 0.000000162. The highest BCUT2D eigenvalue weighted by Crippen LogP contribution is 2.39. The molecule has 2 aliphatic carbocycles. The Hall–Kier alpha value is -11.3. The van der Waals surface area contributed by atoms with Gasteiger partial charge < -0.3 is 14.2 Å². The lowest BCUT2D eigenvalue weighted by Crippen LogP contribution is -2.21. The van der Waals surface area contributed by atoms with Gasteiger partial charge in [-0.15, -0.1) is 0 Å². The molecule has 596 valence electrons. The largest absolute Gasteiger partial charge is 0.488 e. The Bertz CT molecular complexity index is 6040. The van der Waals surface area contributed by atoms with Crippen LogP contribution >= 0.6 is 0 Å². The number of nitro benzene ring substituents is 1. The van der Waals surface area contributed by atoms with Crippen molar-refractivity contribution in [2.24, 2.45) is 15.4 Å². The van der Waals surface area contributed by atoms with Crippen LogP contribution in [-0.4, -0.2) is 106 Å². The number of aryl methyl sites for hydroxylation is 5. The Morgan fingerprint density at radius 2 is 0.938 bits per heavy atom. The second kappa shape index (κ2) is 36.0. The van der Waals surface area contributed by atoms with Crippen molar-refractivity contribution in [3.63, 3.8) is 0 Å². The van der Waals surface area contributed by atoms with Gasteiger partial charge in [0.25, 0.3) is 5.69 Å². The van der Waals surface area contributed by atoms with E-state index in [1.54, 1.807) is 72.3 Å². The van der Waals surface area contributed by atoms with Crippen molar-refractivity contribution in [1.82, 2.24) is 19.6 Å². The number of Topliss-reactive ketones (excluding diaryl/α,β-unsaturated/α-hetero) is 1. The zero-order chi connectivity index (χ0) is 82.5. The normalized spacial score (nSPS) is 13.0. The molecular formula is C76H79F2N11O18S6. The van der Waals surface area contributed by atoms with E-state index >= 15 is 0 Å². The molecule has 37 heteroatoms. The van der Waals surface area contributed by atoms with Gasteiger partial charge in [-0.25, -0.2) is 84.1 Å². The Kier molecular flexibility index (Phi) is 27.3. The predicted molar refractivity (Wildman–Crippen MR) is 426 cm³/mol. The molecule has 0 radical (unpaired) electrons. The van der Waals surface area contributed by atoms with E-state index < -0.39 is 70.9 Å². The van der Waals surface area contributed by atoms with E-state index in [1.807, 2.05) is 80.1 Å². The highest BCUT2D eigenvalue weighted by atomic mass is 32.2. The lowest BCUT2D eigenvalue weighted by Gasteiger charge is -2.24. The first kappa shape index (κ1) is 85.7. The lowest BCUT2D eigenvalue weighted by atomic mass is 9.98. The second-order valence-corrected chi connectivity index (χ2v) is 36.1. The molecule has 9 aromatic carbocycles. The number of ether oxygens (including phenoxy) is 3. The number of nitrogens with two attached hydrogens (primary N) is 3. The van der Waals surface area contributed by atoms with Crippen LogP contribution in [0.5, 0.6) is 28.7 Å². The number of nitrogens with zero attached hydrogens (tertiary/aromatic N) is 5. The van der Waals surface area contributed by atoms with Crippen molar-refractivity contribution >= 4 is 88.7 Å². The van der Waals surface area contributed by atoms with Crippen molar-refractivity contribution in [1.29, 1.82) is 0 Å². The fraction of sp³-hybridized carbons (Fsp3) is 0.197. The van der Waals surface area contributed by atoms with E-state index in [4.69, 9.17) is 29.6 Å². The van der Waals surface area contributed by atoms with Crippen LogP contribution in [0, 0.1) is 49.4 Å². The molecule has 0 unspecified atom stereocenters. The molecule has 0 bridgehead atoms. The average Bonchev–Trinajstić information content (AvgIpc) is 1.71. The number of hydrogen-bond acceptors (Lipinski definition) is 20. The summed E-state index contributed by atoms with van der Waals surface area (Å²) < 4.78 is 192. The number of non-ortho nitro benzene ring substituents is 1. The molecular weight excluding hydrogens is 1590 g/mol. The van der Waals surface area contributed by atoms with Gasteiger partial charge in [0, 0.05) is 35.2 Å². The van der Waals surface area contributed by atoms with Gasteiger partial charge in [0.1, 0.15) is 11.6 Å². The van der Waals surface area contributed by atoms with Gasteiger partial charge in [0.15, 0.2) is 34.6 Å². The molecule has 11 aromatic rings. The summed E-state index contributed by atoms with van der Waals surface area (Å²) in [6.07, 6.45) is 8.92. The topological polar surface area (TPSA) is 443 Å². The molecule has 0 aliphatic heterocycles. The summed E-state index contributed by atoms with van der Waals surface area (Å²) in [6.45, 7) is 7.42. The minimum absolute atomic E-state index is 0.0270. The first-order valence-corrected chi connectivity index (χ1v) is 44.4. The number of carbonyl (C=O) groups excluding carboxylic acids is 1. The maximum atomic E-state index is 14.0. The summed E-state index contributed by atoms with van der Waals surface area (Å²) in [5.41, 5.74) is 10.1. The third-order valence-electron chi connectivity index (χ3n) is 16.6. The number of nitro groups is 1. The number of sulfonamides is 6. The van der Waals surface area contributed by atoms with E-state index in [0.29, 0.717) is 29.8 Å². The fourth-order valence-corrected chi connectivity index (χ4v) is 14.6. The maximum absolute atomic E-state index is 14.0. The minimum atomic E-state index is -3.94. The second-order valence-electron chi connectivity index (χ2n) is 26.1. The van der Waals surface area contributed by atoms with Gasteiger partial charge in [-0.05, 0) is 210 Å².